The Hall–Kier alpha value is -2.82. The SMILES string of the molecule is Cc1cc(N/C=C2/C(=O)Nc3cc(F)ccc32)ccc1N1CCC(C)CC1. The van der Waals surface area contributed by atoms with E-state index in [0.717, 1.165) is 24.7 Å². The molecule has 0 saturated carbocycles. The number of carbonyl (C=O) groups is 1. The van der Waals surface area contributed by atoms with Gasteiger partial charge in [-0.15, -0.1) is 0 Å². The normalized spacial score (nSPS) is 18.6. The molecule has 27 heavy (non-hydrogen) atoms. The zero-order valence-electron chi connectivity index (χ0n) is 15.7. The molecule has 0 radical (unpaired) electrons. The minimum absolute atomic E-state index is 0.223. The van der Waals surface area contributed by atoms with Crippen molar-refractivity contribution in [1.82, 2.24) is 0 Å². The number of rotatable bonds is 3. The molecular weight excluding hydrogens is 341 g/mol. The van der Waals surface area contributed by atoms with Crippen molar-refractivity contribution in [2.45, 2.75) is 26.7 Å². The van der Waals surface area contributed by atoms with Crippen molar-refractivity contribution in [2.75, 3.05) is 28.6 Å². The summed E-state index contributed by atoms with van der Waals surface area (Å²) < 4.78 is 13.3. The Kier molecular flexibility index (Phi) is 4.60. The predicted octanol–water partition coefficient (Wildman–Crippen LogP) is 4.78. The van der Waals surface area contributed by atoms with Gasteiger partial charge >= 0.3 is 0 Å². The summed E-state index contributed by atoms with van der Waals surface area (Å²) in [7, 11) is 0. The second-order valence-corrected chi connectivity index (χ2v) is 7.52. The van der Waals surface area contributed by atoms with Gasteiger partial charge in [0.2, 0.25) is 0 Å². The summed E-state index contributed by atoms with van der Waals surface area (Å²) in [5.74, 6) is 0.225. The molecule has 0 aliphatic carbocycles. The number of nitrogens with zero attached hydrogens (tertiary/aromatic N) is 1. The van der Waals surface area contributed by atoms with Gasteiger partial charge in [-0.1, -0.05) is 6.92 Å². The second-order valence-electron chi connectivity index (χ2n) is 7.52. The minimum Gasteiger partial charge on any atom is -0.371 e. The Morgan fingerprint density at radius 3 is 2.70 bits per heavy atom. The number of halogens is 1. The molecule has 140 valence electrons. The highest BCUT2D eigenvalue weighted by atomic mass is 19.1. The molecule has 0 unspecified atom stereocenters. The third kappa shape index (κ3) is 3.54. The van der Waals surface area contributed by atoms with E-state index in [9.17, 15) is 9.18 Å². The average molecular weight is 365 g/mol. The number of nitrogens with one attached hydrogen (secondary N) is 2. The molecular formula is C22H24FN3O. The third-order valence-electron chi connectivity index (χ3n) is 5.47. The fourth-order valence-corrected chi connectivity index (χ4v) is 3.82. The first-order valence-electron chi connectivity index (χ1n) is 9.45. The lowest BCUT2D eigenvalue weighted by Gasteiger charge is -2.33. The first-order chi connectivity index (χ1) is 13.0. The minimum atomic E-state index is -0.360. The van der Waals surface area contributed by atoms with E-state index in [1.165, 1.54) is 36.2 Å². The van der Waals surface area contributed by atoms with Crippen molar-refractivity contribution < 1.29 is 9.18 Å². The van der Waals surface area contributed by atoms with Crippen molar-refractivity contribution in [3.8, 4) is 0 Å². The number of aryl methyl sites for hydroxylation is 1. The maximum Gasteiger partial charge on any atom is 0.257 e. The first-order valence-corrected chi connectivity index (χ1v) is 9.45. The average Bonchev–Trinajstić information content (AvgIpc) is 2.95. The van der Waals surface area contributed by atoms with Gasteiger partial charge in [0, 0.05) is 36.2 Å². The molecule has 0 atom stereocenters. The lowest BCUT2D eigenvalue weighted by molar-refractivity contribution is -0.110. The number of carbonyl (C=O) groups excluding carboxylic acids is 1. The van der Waals surface area contributed by atoms with Gasteiger partial charge in [0.25, 0.3) is 5.91 Å². The number of amides is 1. The molecule has 4 nitrogen and oxygen atoms in total. The van der Waals surface area contributed by atoms with Gasteiger partial charge in [-0.2, -0.15) is 0 Å². The van der Waals surface area contributed by atoms with E-state index in [2.05, 4.69) is 41.5 Å². The van der Waals surface area contributed by atoms with Gasteiger partial charge in [-0.25, -0.2) is 4.39 Å². The fraction of sp³-hybridized carbons (Fsp3) is 0.318. The van der Waals surface area contributed by atoms with Crippen LogP contribution in [0.5, 0.6) is 0 Å². The van der Waals surface area contributed by atoms with Crippen LogP contribution in [0.25, 0.3) is 5.57 Å². The van der Waals surface area contributed by atoms with Crippen molar-refractivity contribution >= 4 is 28.5 Å². The summed E-state index contributed by atoms with van der Waals surface area (Å²) in [4.78, 5) is 14.6. The number of hydrogen-bond acceptors (Lipinski definition) is 3. The predicted molar refractivity (Wildman–Crippen MR) is 108 cm³/mol. The topological polar surface area (TPSA) is 44.4 Å². The smallest absolute Gasteiger partial charge is 0.257 e. The molecule has 1 fully saturated rings. The van der Waals surface area contributed by atoms with Crippen molar-refractivity contribution in [2.24, 2.45) is 5.92 Å². The molecule has 4 rings (SSSR count). The lowest BCUT2D eigenvalue weighted by Crippen LogP contribution is -2.33. The Morgan fingerprint density at radius 1 is 1.19 bits per heavy atom. The molecule has 2 aromatic carbocycles. The number of piperidine rings is 1. The first kappa shape index (κ1) is 17.6. The van der Waals surface area contributed by atoms with Crippen LogP contribution in [0.3, 0.4) is 0 Å². The number of hydrogen-bond donors (Lipinski definition) is 2. The van der Waals surface area contributed by atoms with Crippen LogP contribution in [0, 0.1) is 18.7 Å². The molecule has 2 heterocycles. The summed E-state index contributed by atoms with van der Waals surface area (Å²) in [6, 6.07) is 10.6. The highest BCUT2D eigenvalue weighted by Crippen LogP contribution is 2.33. The molecule has 0 aromatic heterocycles. The van der Waals surface area contributed by atoms with Gasteiger partial charge in [0.15, 0.2) is 0 Å². The lowest BCUT2D eigenvalue weighted by atomic mass is 9.98. The second kappa shape index (κ2) is 7.06. The van der Waals surface area contributed by atoms with Crippen LogP contribution in [0.1, 0.15) is 30.9 Å². The van der Waals surface area contributed by atoms with Crippen molar-refractivity contribution in [3.63, 3.8) is 0 Å². The molecule has 2 aromatic rings. The van der Waals surface area contributed by atoms with Crippen LogP contribution in [-0.4, -0.2) is 19.0 Å². The fourth-order valence-electron chi connectivity index (χ4n) is 3.82. The quantitative estimate of drug-likeness (QED) is 0.770. The molecule has 0 spiro atoms. The molecule has 5 heteroatoms. The van der Waals surface area contributed by atoms with E-state index in [-0.39, 0.29) is 11.7 Å². The monoisotopic (exact) mass is 365 g/mol. The molecule has 1 amide bonds. The number of benzene rings is 2. The molecule has 2 aliphatic heterocycles. The largest absolute Gasteiger partial charge is 0.371 e. The van der Waals surface area contributed by atoms with Crippen LogP contribution in [0.15, 0.2) is 42.6 Å². The summed E-state index contributed by atoms with van der Waals surface area (Å²) in [5.41, 5.74) is 5.16. The Balaban J connectivity index is 1.52. The van der Waals surface area contributed by atoms with Crippen molar-refractivity contribution in [3.05, 3.63) is 59.5 Å². The molecule has 2 aliphatic rings. The Morgan fingerprint density at radius 2 is 1.96 bits per heavy atom. The third-order valence-corrected chi connectivity index (χ3v) is 5.47. The van der Waals surface area contributed by atoms with Crippen molar-refractivity contribution in [1.29, 1.82) is 0 Å². The summed E-state index contributed by atoms with van der Waals surface area (Å²) in [5, 5.41) is 5.91. The maximum absolute atomic E-state index is 13.3. The number of fused-ring (bicyclic) bond motifs is 1. The Bertz CT molecular complexity index is 914. The van der Waals surface area contributed by atoms with Crippen LogP contribution < -0.4 is 15.5 Å². The number of anilines is 3. The maximum atomic E-state index is 13.3. The van der Waals surface area contributed by atoms with Crippen LogP contribution in [0.2, 0.25) is 0 Å². The van der Waals surface area contributed by atoms with E-state index in [1.54, 1.807) is 12.3 Å². The van der Waals surface area contributed by atoms with Crippen LogP contribution in [0.4, 0.5) is 21.5 Å². The van der Waals surface area contributed by atoms with Gasteiger partial charge < -0.3 is 15.5 Å². The van der Waals surface area contributed by atoms with Gasteiger partial charge in [0.05, 0.1) is 11.3 Å². The van der Waals surface area contributed by atoms with Crippen LogP contribution >= 0.6 is 0 Å². The van der Waals surface area contributed by atoms with Gasteiger partial charge in [-0.3, -0.25) is 4.79 Å². The summed E-state index contributed by atoms with van der Waals surface area (Å²) in [6.45, 7) is 6.64. The van der Waals surface area contributed by atoms with E-state index < -0.39 is 0 Å². The van der Waals surface area contributed by atoms with Gasteiger partial charge in [-0.05, 0) is 67.6 Å². The van der Waals surface area contributed by atoms with Gasteiger partial charge in [0.1, 0.15) is 5.82 Å². The highest BCUT2D eigenvalue weighted by Gasteiger charge is 2.24. The molecule has 1 saturated heterocycles. The summed E-state index contributed by atoms with van der Waals surface area (Å²) >= 11 is 0. The van der Waals surface area contributed by atoms with E-state index in [1.807, 2.05) is 6.07 Å². The zero-order valence-corrected chi connectivity index (χ0v) is 15.7. The Labute approximate surface area is 159 Å². The zero-order chi connectivity index (χ0) is 19.0. The van der Waals surface area contributed by atoms with Crippen LogP contribution in [-0.2, 0) is 4.79 Å². The van der Waals surface area contributed by atoms with E-state index in [4.69, 9.17) is 0 Å². The van der Waals surface area contributed by atoms with E-state index in [0.29, 0.717) is 16.8 Å². The standard InChI is InChI=1S/C22H24FN3O/c1-14-7-9-26(10-8-14)21-6-4-17(11-15(21)2)24-13-19-18-5-3-16(23)12-20(18)25-22(19)27/h3-6,11-14,24H,7-10H2,1-2H3,(H,25,27)/b19-13+. The summed E-state index contributed by atoms with van der Waals surface area (Å²) in [6.07, 6.45) is 4.16. The van der Waals surface area contributed by atoms with E-state index >= 15 is 0 Å². The molecule has 0 bridgehead atoms. The molecule has 2 N–H and O–H groups in total. The highest BCUT2D eigenvalue weighted by molar-refractivity contribution is 6.31.